The van der Waals surface area contributed by atoms with Crippen LogP contribution in [0, 0.1) is 17.0 Å². The van der Waals surface area contributed by atoms with E-state index in [2.05, 4.69) is 4.98 Å². The minimum atomic E-state index is -0.550. The molecule has 1 heterocycles. The maximum atomic E-state index is 11.9. The molecule has 0 saturated heterocycles. The summed E-state index contributed by atoms with van der Waals surface area (Å²) < 4.78 is 16.2. The molecule has 28 heavy (non-hydrogen) atoms. The van der Waals surface area contributed by atoms with Crippen molar-refractivity contribution in [1.82, 2.24) is 4.98 Å². The number of hydrogen-bond acceptors (Lipinski definition) is 8. The molecular formula is C19H23N3O6. The summed E-state index contributed by atoms with van der Waals surface area (Å²) in [5.74, 6) is 0.122. The topological polar surface area (TPSA) is 104 Å². The average molecular weight is 389 g/mol. The van der Waals surface area contributed by atoms with Crippen molar-refractivity contribution in [3.8, 4) is 17.4 Å². The monoisotopic (exact) mass is 389 g/mol. The zero-order chi connectivity index (χ0) is 20.7. The molecule has 0 atom stereocenters. The molecule has 150 valence electrons. The standard InChI is InChI=1S/C19H23N3O6/c1-5-9-21(12-26-3)15-10-13(2)20-19(17(15)22(24)25)28-18-14(11-23)7-6-8-16(18)27-4/h6-8,10-11H,5,9,12H2,1-4H3. The molecular weight excluding hydrogens is 366 g/mol. The number of carbonyl (C=O) groups excluding carboxylic acids is 1. The highest BCUT2D eigenvalue weighted by Gasteiger charge is 2.29. The van der Waals surface area contributed by atoms with Gasteiger partial charge in [-0.25, -0.2) is 4.98 Å². The van der Waals surface area contributed by atoms with Crippen molar-refractivity contribution in [2.24, 2.45) is 0 Å². The molecule has 9 nitrogen and oxygen atoms in total. The number of hydrogen-bond donors (Lipinski definition) is 0. The van der Waals surface area contributed by atoms with Gasteiger partial charge < -0.3 is 19.1 Å². The van der Waals surface area contributed by atoms with Crippen molar-refractivity contribution < 1.29 is 23.9 Å². The molecule has 1 aromatic heterocycles. The van der Waals surface area contributed by atoms with Crippen LogP contribution in [0.15, 0.2) is 24.3 Å². The van der Waals surface area contributed by atoms with Crippen LogP contribution in [-0.2, 0) is 4.74 Å². The molecule has 1 aromatic carbocycles. The summed E-state index contributed by atoms with van der Waals surface area (Å²) >= 11 is 0. The van der Waals surface area contributed by atoms with Crippen molar-refractivity contribution >= 4 is 17.7 Å². The molecule has 0 spiro atoms. The lowest BCUT2D eigenvalue weighted by Crippen LogP contribution is -2.27. The number of nitro groups is 1. The molecule has 0 unspecified atom stereocenters. The Kier molecular flexibility index (Phi) is 7.28. The molecule has 0 amide bonds. The van der Waals surface area contributed by atoms with E-state index in [0.717, 1.165) is 6.42 Å². The van der Waals surface area contributed by atoms with Gasteiger partial charge in [-0.05, 0) is 31.5 Å². The Morgan fingerprint density at radius 3 is 2.64 bits per heavy atom. The van der Waals surface area contributed by atoms with Gasteiger partial charge >= 0.3 is 11.6 Å². The number of nitrogens with zero attached hydrogens (tertiary/aromatic N) is 3. The number of aldehydes is 1. The molecule has 2 rings (SSSR count). The highest BCUT2D eigenvalue weighted by Crippen LogP contribution is 2.41. The van der Waals surface area contributed by atoms with Crippen LogP contribution in [0.3, 0.4) is 0 Å². The van der Waals surface area contributed by atoms with Gasteiger partial charge in [0.1, 0.15) is 12.4 Å². The van der Waals surface area contributed by atoms with Gasteiger partial charge in [0.25, 0.3) is 0 Å². The van der Waals surface area contributed by atoms with Gasteiger partial charge in [0.15, 0.2) is 17.8 Å². The predicted octanol–water partition coefficient (Wildman–Crippen LogP) is 3.73. The lowest BCUT2D eigenvalue weighted by atomic mass is 10.2. The van der Waals surface area contributed by atoms with Crippen molar-refractivity contribution in [3.05, 3.63) is 45.6 Å². The van der Waals surface area contributed by atoms with E-state index >= 15 is 0 Å². The summed E-state index contributed by atoms with van der Waals surface area (Å²) in [4.78, 5) is 28.7. The third kappa shape index (κ3) is 4.55. The largest absolute Gasteiger partial charge is 0.493 e. The van der Waals surface area contributed by atoms with Crippen molar-refractivity contribution in [2.75, 3.05) is 32.4 Å². The maximum Gasteiger partial charge on any atom is 0.354 e. The number of benzene rings is 1. The third-order valence-electron chi connectivity index (χ3n) is 3.93. The third-order valence-corrected chi connectivity index (χ3v) is 3.93. The SMILES string of the molecule is CCCN(COC)c1cc(C)nc(Oc2c(C=O)cccc2OC)c1[N+](=O)[O-]. The molecule has 9 heteroatoms. The first kappa shape index (κ1) is 21.1. The van der Waals surface area contributed by atoms with Crippen LogP contribution in [0.4, 0.5) is 11.4 Å². The van der Waals surface area contributed by atoms with Crippen molar-refractivity contribution in [2.45, 2.75) is 20.3 Å². The van der Waals surface area contributed by atoms with Crippen LogP contribution in [0.25, 0.3) is 0 Å². The van der Waals surface area contributed by atoms with E-state index in [4.69, 9.17) is 14.2 Å². The molecule has 2 aromatic rings. The summed E-state index contributed by atoms with van der Waals surface area (Å²) in [6.07, 6.45) is 1.36. The van der Waals surface area contributed by atoms with Gasteiger partial charge in [-0.2, -0.15) is 0 Å². The first-order valence-corrected chi connectivity index (χ1v) is 8.66. The van der Waals surface area contributed by atoms with Crippen LogP contribution < -0.4 is 14.4 Å². The Morgan fingerprint density at radius 2 is 2.07 bits per heavy atom. The molecule has 0 fully saturated rings. The van der Waals surface area contributed by atoms with E-state index in [0.29, 0.717) is 24.2 Å². The van der Waals surface area contributed by atoms with E-state index in [-0.39, 0.29) is 35.4 Å². The second-order valence-corrected chi connectivity index (χ2v) is 5.97. The van der Waals surface area contributed by atoms with Gasteiger partial charge in [0.2, 0.25) is 0 Å². The summed E-state index contributed by atoms with van der Waals surface area (Å²) in [7, 11) is 2.94. The second kappa shape index (κ2) is 9.65. The second-order valence-electron chi connectivity index (χ2n) is 5.97. The minimum absolute atomic E-state index is 0.0703. The Hall–Kier alpha value is -3.20. The highest BCUT2D eigenvalue weighted by molar-refractivity contribution is 5.81. The molecule has 0 bridgehead atoms. The first-order valence-electron chi connectivity index (χ1n) is 8.66. The number of aromatic nitrogens is 1. The van der Waals surface area contributed by atoms with Gasteiger partial charge in [0, 0.05) is 19.3 Å². The van der Waals surface area contributed by atoms with Crippen molar-refractivity contribution in [3.63, 3.8) is 0 Å². The lowest BCUT2D eigenvalue weighted by Gasteiger charge is -2.24. The fourth-order valence-electron chi connectivity index (χ4n) is 2.78. The number of pyridine rings is 1. The van der Waals surface area contributed by atoms with Crippen LogP contribution in [0.5, 0.6) is 17.4 Å². The molecule has 0 N–H and O–H groups in total. The smallest absolute Gasteiger partial charge is 0.354 e. The van der Waals surface area contributed by atoms with E-state index < -0.39 is 4.92 Å². The Morgan fingerprint density at radius 1 is 1.32 bits per heavy atom. The van der Waals surface area contributed by atoms with E-state index in [1.807, 2.05) is 6.92 Å². The zero-order valence-corrected chi connectivity index (χ0v) is 16.3. The van der Waals surface area contributed by atoms with Crippen LogP contribution in [-0.4, -0.2) is 43.7 Å². The van der Waals surface area contributed by atoms with Gasteiger partial charge in [-0.1, -0.05) is 13.0 Å². The number of carbonyl (C=O) groups is 1. The quantitative estimate of drug-likeness (QED) is 0.262. The summed E-state index contributed by atoms with van der Waals surface area (Å²) in [5, 5.41) is 11.9. The Balaban J connectivity index is 2.66. The molecule has 0 radical (unpaired) electrons. The van der Waals surface area contributed by atoms with Gasteiger partial charge in [-0.15, -0.1) is 0 Å². The number of anilines is 1. The number of aryl methyl sites for hydroxylation is 1. The highest BCUT2D eigenvalue weighted by atomic mass is 16.6. The van der Waals surface area contributed by atoms with E-state index in [9.17, 15) is 14.9 Å². The minimum Gasteiger partial charge on any atom is -0.493 e. The van der Waals surface area contributed by atoms with Crippen LogP contribution in [0.2, 0.25) is 0 Å². The van der Waals surface area contributed by atoms with Gasteiger partial charge in [0.05, 0.1) is 17.6 Å². The van der Waals surface area contributed by atoms with Crippen LogP contribution >= 0.6 is 0 Å². The average Bonchev–Trinajstić information content (AvgIpc) is 2.67. The normalized spacial score (nSPS) is 10.4. The maximum absolute atomic E-state index is 11.9. The molecule has 0 aliphatic rings. The number of ether oxygens (including phenoxy) is 3. The lowest BCUT2D eigenvalue weighted by molar-refractivity contribution is -0.385. The van der Waals surface area contributed by atoms with Crippen molar-refractivity contribution in [1.29, 1.82) is 0 Å². The summed E-state index contributed by atoms with van der Waals surface area (Å²) in [6, 6.07) is 6.37. The Labute approximate surface area is 163 Å². The zero-order valence-electron chi connectivity index (χ0n) is 16.3. The molecule has 0 saturated carbocycles. The number of para-hydroxylation sites is 1. The number of rotatable bonds is 10. The van der Waals surface area contributed by atoms with Crippen LogP contribution in [0.1, 0.15) is 29.4 Å². The predicted molar refractivity (Wildman–Crippen MR) is 104 cm³/mol. The fraction of sp³-hybridized carbons (Fsp3) is 0.368. The fourth-order valence-corrected chi connectivity index (χ4v) is 2.78. The van der Waals surface area contributed by atoms with Gasteiger partial charge in [-0.3, -0.25) is 14.9 Å². The van der Waals surface area contributed by atoms with E-state index in [1.165, 1.54) is 20.3 Å². The van der Waals surface area contributed by atoms with E-state index in [1.54, 1.807) is 30.0 Å². The summed E-state index contributed by atoms with van der Waals surface area (Å²) in [5.41, 5.74) is 0.744. The molecule has 0 aliphatic heterocycles. The number of methoxy groups -OCH3 is 2. The molecule has 0 aliphatic carbocycles. The Bertz CT molecular complexity index is 850. The first-order chi connectivity index (χ1) is 13.5. The summed E-state index contributed by atoms with van der Waals surface area (Å²) in [6.45, 7) is 4.39.